The molecule has 7 heteroatoms. The van der Waals surface area contributed by atoms with Crippen LogP contribution in [0.1, 0.15) is 34.6 Å². The third-order valence-electron chi connectivity index (χ3n) is 4.08. The molecule has 0 spiro atoms. The van der Waals surface area contributed by atoms with E-state index in [0.29, 0.717) is 28.0 Å². The van der Waals surface area contributed by atoms with E-state index < -0.39 is 18.0 Å². The highest BCUT2D eigenvalue weighted by molar-refractivity contribution is 5.96. The molecule has 2 aromatic carbocycles. The molecule has 0 aliphatic carbocycles. The quantitative estimate of drug-likeness (QED) is 0.663. The van der Waals surface area contributed by atoms with Crippen molar-refractivity contribution in [2.24, 2.45) is 5.73 Å². The Morgan fingerprint density at radius 1 is 1.19 bits per heavy atom. The molecule has 0 aliphatic heterocycles. The van der Waals surface area contributed by atoms with Gasteiger partial charge in [-0.2, -0.15) is 0 Å². The van der Waals surface area contributed by atoms with Crippen LogP contribution in [-0.4, -0.2) is 11.9 Å². The third kappa shape index (κ3) is 3.51. The number of aryl methyl sites for hydroxylation is 1. The summed E-state index contributed by atoms with van der Waals surface area (Å²) < 4.78 is 19.2. The number of amides is 3. The predicted molar refractivity (Wildman–Crippen MR) is 96.4 cm³/mol. The fourth-order valence-corrected chi connectivity index (χ4v) is 2.80. The number of nitrogens with two attached hydrogens (primary N) is 1. The normalized spacial score (nSPS) is 12.0. The summed E-state index contributed by atoms with van der Waals surface area (Å²) in [5, 5.41) is 6.07. The first kappa shape index (κ1) is 17.5. The van der Waals surface area contributed by atoms with E-state index >= 15 is 0 Å². The third-order valence-corrected chi connectivity index (χ3v) is 4.08. The molecule has 1 aromatic heterocycles. The molecule has 0 saturated heterocycles. The highest BCUT2D eigenvalue weighted by Gasteiger charge is 2.19. The van der Waals surface area contributed by atoms with Gasteiger partial charge in [0.1, 0.15) is 17.2 Å². The highest BCUT2D eigenvalue weighted by atomic mass is 19.1. The van der Waals surface area contributed by atoms with Gasteiger partial charge in [0.25, 0.3) is 0 Å². The first-order valence-corrected chi connectivity index (χ1v) is 8.01. The Labute approximate surface area is 149 Å². The summed E-state index contributed by atoms with van der Waals surface area (Å²) in [6, 6.07) is 9.69. The maximum Gasteiger partial charge on any atom is 0.319 e. The summed E-state index contributed by atoms with van der Waals surface area (Å²) in [5.74, 6) is -0.375. The van der Waals surface area contributed by atoms with Crippen molar-refractivity contribution in [2.75, 3.05) is 5.32 Å². The Balaban J connectivity index is 1.74. The maximum absolute atomic E-state index is 13.4. The largest absolute Gasteiger partial charge is 0.459 e. The molecule has 0 fully saturated rings. The lowest BCUT2D eigenvalue weighted by Gasteiger charge is -2.14. The molecular weight excluding hydrogens is 337 g/mol. The van der Waals surface area contributed by atoms with E-state index in [1.807, 2.05) is 6.92 Å². The number of rotatable bonds is 4. The lowest BCUT2D eigenvalue weighted by molar-refractivity contribution is 0.1000. The smallest absolute Gasteiger partial charge is 0.319 e. The van der Waals surface area contributed by atoms with Gasteiger partial charge in [-0.05, 0) is 50.2 Å². The number of fused-ring (bicyclic) bond motifs is 1. The molecule has 0 bridgehead atoms. The van der Waals surface area contributed by atoms with E-state index in [1.165, 1.54) is 18.2 Å². The van der Waals surface area contributed by atoms with Gasteiger partial charge in [-0.25, -0.2) is 9.18 Å². The fourth-order valence-electron chi connectivity index (χ4n) is 2.80. The van der Waals surface area contributed by atoms with Crippen LogP contribution < -0.4 is 16.4 Å². The molecule has 3 rings (SSSR count). The molecular formula is C19H18FN3O3. The average molecular weight is 355 g/mol. The average Bonchev–Trinajstić information content (AvgIpc) is 2.91. The lowest BCUT2D eigenvalue weighted by Crippen LogP contribution is -2.31. The van der Waals surface area contributed by atoms with Crippen LogP contribution in [0.4, 0.5) is 14.9 Å². The molecule has 3 amide bonds. The summed E-state index contributed by atoms with van der Waals surface area (Å²) in [5.41, 5.74) is 7.29. The van der Waals surface area contributed by atoms with E-state index in [4.69, 9.17) is 10.2 Å². The highest BCUT2D eigenvalue weighted by Crippen LogP contribution is 2.29. The number of carbonyl (C=O) groups is 2. The number of furan rings is 1. The van der Waals surface area contributed by atoms with Crippen LogP contribution in [-0.2, 0) is 0 Å². The first-order chi connectivity index (χ1) is 12.3. The molecule has 1 atom stereocenters. The zero-order chi connectivity index (χ0) is 18.8. The van der Waals surface area contributed by atoms with Gasteiger partial charge in [0.2, 0.25) is 5.91 Å². The van der Waals surface area contributed by atoms with Gasteiger partial charge in [0, 0.05) is 22.2 Å². The molecule has 134 valence electrons. The number of carbonyl (C=O) groups excluding carboxylic acids is 2. The Morgan fingerprint density at radius 3 is 2.69 bits per heavy atom. The van der Waals surface area contributed by atoms with E-state index in [0.717, 1.165) is 5.56 Å². The number of primary amides is 1. The van der Waals surface area contributed by atoms with Gasteiger partial charge < -0.3 is 20.8 Å². The van der Waals surface area contributed by atoms with Gasteiger partial charge in [0.15, 0.2) is 0 Å². The Kier molecular flexibility index (Phi) is 4.62. The summed E-state index contributed by atoms with van der Waals surface area (Å²) >= 11 is 0. The van der Waals surface area contributed by atoms with Crippen LogP contribution in [0, 0.1) is 12.7 Å². The van der Waals surface area contributed by atoms with Crippen LogP contribution in [0.3, 0.4) is 0 Å². The van der Waals surface area contributed by atoms with Gasteiger partial charge in [-0.15, -0.1) is 0 Å². The number of urea groups is 1. The monoisotopic (exact) mass is 355 g/mol. The second-order valence-electron chi connectivity index (χ2n) is 6.00. The minimum atomic E-state index is -0.576. The fraction of sp³-hybridized carbons (Fsp3) is 0.158. The van der Waals surface area contributed by atoms with Crippen LogP contribution in [0.2, 0.25) is 0 Å². The van der Waals surface area contributed by atoms with Crippen molar-refractivity contribution in [1.82, 2.24) is 5.32 Å². The van der Waals surface area contributed by atoms with Gasteiger partial charge in [-0.3, -0.25) is 4.79 Å². The van der Waals surface area contributed by atoms with E-state index in [2.05, 4.69) is 10.6 Å². The molecule has 26 heavy (non-hydrogen) atoms. The van der Waals surface area contributed by atoms with Crippen molar-refractivity contribution < 1.29 is 18.4 Å². The number of nitrogens with one attached hydrogen (secondary N) is 2. The zero-order valence-electron chi connectivity index (χ0n) is 14.3. The number of hydrogen-bond donors (Lipinski definition) is 3. The Morgan fingerprint density at radius 2 is 1.96 bits per heavy atom. The summed E-state index contributed by atoms with van der Waals surface area (Å²) in [7, 11) is 0. The number of hydrogen-bond acceptors (Lipinski definition) is 3. The van der Waals surface area contributed by atoms with Gasteiger partial charge >= 0.3 is 6.03 Å². The topological polar surface area (TPSA) is 97.4 Å². The Hall–Kier alpha value is -3.35. The summed E-state index contributed by atoms with van der Waals surface area (Å²) in [6.07, 6.45) is 0. The lowest BCUT2D eigenvalue weighted by atomic mass is 10.1. The Bertz CT molecular complexity index is 997. The van der Waals surface area contributed by atoms with Crippen molar-refractivity contribution in [3.05, 3.63) is 65.2 Å². The molecule has 0 aliphatic rings. The zero-order valence-corrected chi connectivity index (χ0v) is 14.3. The summed E-state index contributed by atoms with van der Waals surface area (Å²) in [4.78, 5) is 23.4. The first-order valence-electron chi connectivity index (χ1n) is 8.01. The molecule has 4 N–H and O–H groups in total. The SMILES string of the molecule is Cc1c([C@H](C)NC(=O)Nc2cccc(C(N)=O)c2)oc2ccc(F)cc12. The second-order valence-corrected chi connectivity index (χ2v) is 6.00. The number of anilines is 1. The van der Waals surface area contributed by atoms with Crippen LogP contribution in [0.5, 0.6) is 0 Å². The molecule has 1 heterocycles. The maximum atomic E-state index is 13.4. The van der Waals surface area contributed by atoms with Gasteiger partial charge in [0.05, 0.1) is 6.04 Å². The summed E-state index contributed by atoms with van der Waals surface area (Å²) in [6.45, 7) is 3.58. The minimum Gasteiger partial charge on any atom is -0.459 e. The van der Waals surface area contributed by atoms with E-state index in [1.54, 1.807) is 31.2 Å². The van der Waals surface area contributed by atoms with Crippen molar-refractivity contribution in [2.45, 2.75) is 19.9 Å². The standard InChI is InChI=1S/C19H18FN3O3/c1-10-15-9-13(20)6-7-16(15)26-17(10)11(2)22-19(25)23-14-5-3-4-12(8-14)18(21)24/h3-9,11H,1-2H3,(H2,21,24)(H2,22,23,25)/t11-/m0/s1. The second kappa shape index (κ2) is 6.87. The molecule has 0 unspecified atom stereocenters. The van der Waals surface area contributed by atoms with E-state index in [9.17, 15) is 14.0 Å². The van der Waals surface area contributed by atoms with Gasteiger partial charge in [-0.1, -0.05) is 6.07 Å². The van der Waals surface area contributed by atoms with Crippen LogP contribution in [0.15, 0.2) is 46.9 Å². The van der Waals surface area contributed by atoms with Crippen molar-refractivity contribution in [3.8, 4) is 0 Å². The van der Waals surface area contributed by atoms with Crippen molar-refractivity contribution in [3.63, 3.8) is 0 Å². The molecule has 0 radical (unpaired) electrons. The number of benzene rings is 2. The molecule has 3 aromatic rings. The molecule has 0 saturated carbocycles. The minimum absolute atomic E-state index is 0.297. The van der Waals surface area contributed by atoms with Crippen molar-refractivity contribution in [1.29, 1.82) is 0 Å². The van der Waals surface area contributed by atoms with E-state index in [-0.39, 0.29) is 5.82 Å². The predicted octanol–water partition coefficient (Wildman–Crippen LogP) is 3.86. The van der Waals surface area contributed by atoms with Crippen LogP contribution >= 0.6 is 0 Å². The van der Waals surface area contributed by atoms with Crippen molar-refractivity contribution >= 4 is 28.6 Å². The number of halogens is 1. The van der Waals surface area contributed by atoms with Crippen LogP contribution in [0.25, 0.3) is 11.0 Å². The molecule has 6 nitrogen and oxygen atoms in total.